The van der Waals surface area contributed by atoms with E-state index in [-0.39, 0.29) is 5.91 Å². The first-order valence-corrected chi connectivity index (χ1v) is 13.9. The number of amides is 1. The zero-order chi connectivity index (χ0) is 24.6. The topological polar surface area (TPSA) is 57.3 Å². The first-order chi connectivity index (χ1) is 17.8. The van der Waals surface area contributed by atoms with Crippen LogP contribution in [0.4, 0.5) is 0 Å². The van der Waals surface area contributed by atoms with Crippen LogP contribution in [0.5, 0.6) is 0 Å². The molecule has 3 aromatic rings. The highest BCUT2D eigenvalue weighted by Crippen LogP contribution is 2.37. The Morgan fingerprint density at radius 3 is 2.25 bits per heavy atom. The van der Waals surface area contributed by atoms with Gasteiger partial charge in [-0.2, -0.15) is 0 Å². The summed E-state index contributed by atoms with van der Waals surface area (Å²) >= 11 is 1.66. The fraction of sp³-hybridized carbons (Fsp3) is 0.333. The van der Waals surface area contributed by atoms with E-state index in [1.165, 1.54) is 16.7 Å². The van der Waals surface area contributed by atoms with Crippen LogP contribution in [0.3, 0.4) is 0 Å². The maximum atomic E-state index is 13.2. The van der Waals surface area contributed by atoms with Gasteiger partial charge in [-0.05, 0) is 48.6 Å². The van der Waals surface area contributed by atoms with Crippen LogP contribution < -0.4 is 10.6 Å². The summed E-state index contributed by atoms with van der Waals surface area (Å²) in [7, 11) is 0. The Morgan fingerprint density at radius 1 is 0.972 bits per heavy atom. The lowest BCUT2D eigenvalue weighted by Gasteiger charge is -2.31. The molecule has 0 radical (unpaired) electrons. The minimum absolute atomic E-state index is 0.0391. The third kappa shape index (κ3) is 5.56. The van der Waals surface area contributed by atoms with E-state index in [9.17, 15) is 4.79 Å². The molecule has 1 atom stereocenters. The van der Waals surface area contributed by atoms with Crippen LogP contribution in [0.2, 0.25) is 0 Å². The number of pyridine rings is 1. The Bertz CT molecular complexity index is 1110. The zero-order valence-corrected chi connectivity index (χ0v) is 21.5. The van der Waals surface area contributed by atoms with Gasteiger partial charge < -0.3 is 10.2 Å². The van der Waals surface area contributed by atoms with Crippen molar-refractivity contribution in [2.75, 3.05) is 38.5 Å². The lowest BCUT2D eigenvalue weighted by atomic mass is 9.88. The summed E-state index contributed by atoms with van der Waals surface area (Å²) in [6, 6.07) is 25.4. The van der Waals surface area contributed by atoms with Gasteiger partial charge >= 0.3 is 0 Å². The first-order valence-electron chi connectivity index (χ1n) is 12.9. The second kappa shape index (κ2) is 11.9. The molecule has 0 spiro atoms. The van der Waals surface area contributed by atoms with Crippen molar-refractivity contribution in [2.24, 2.45) is 0 Å². The van der Waals surface area contributed by atoms with Crippen molar-refractivity contribution in [3.63, 3.8) is 0 Å². The molecule has 2 aromatic carbocycles. The fourth-order valence-electron chi connectivity index (χ4n) is 5.23. The highest BCUT2D eigenvalue weighted by atomic mass is 32.2. The Kier molecular flexibility index (Phi) is 8.16. The number of hydrogen-bond acceptors (Lipinski definition) is 5. The average Bonchev–Trinajstić information content (AvgIpc) is 3.45. The average molecular weight is 499 g/mol. The van der Waals surface area contributed by atoms with Crippen molar-refractivity contribution in [3.05, 3.63) is 107 Å². The van der Waals surface area contributed by atoms with Crippen LogP contribution in [-0.2, 0) is 9.67 Å². The minimum atomic E-state index is -0.718. The molecule has 6 heteroatoms. The molecule has 2 N–H and O–H groups in total. The second-order valence-electron chi connectivity index (χ2n) is 9.36. The summed E-state index contributed by atoms with van der Waals surface area (Å²) in [5.74, 6) is 0.956. The van der Waals surface area contributed by atoms with Crippen molar-refractivity contribution >= 4 is 23.2 Å². The summed E-state index contributed by atoms with van der Waals surface area (Å²) in [5, 5.41) is 6.60. The van der Waals surface area contributed by atoms with Gasteiger partial charge in [0.2, 0.25) is 0 Å². The highest BCUT2D eigenvalue weighted by molar-refractivity contribution is 8.01. The fourth-order valence-corrected chi connectivity index (χ4v) is 6.43. The predicted octanol–water partition coefficient (Wildman–Crippen LogP) is 4.68. The van der Waals surface area contributed by atoms with Gasteiger partial charge in [-0.25, -0.2) is 0 Å². The smallest absolute Gasteiger partial charge is 0.255 e. The monoisotopic (exact) mass is 498 g/mol. The van der Waals surface area contributed by atoms with Crippen LogP contribution >= 0.6 is 11.8 Å². The van der Waals surface area contributed by atoms with Crippen LogP contribution in [-0.4, -0.2) is 54.3 Å². The minimum Gasteiger partial charge on any atom is -0.353 e. The molecular weight excluding hydrogens is 464 g/mol. The van der Waals surface area contributed by atoms with Gasteiger partial charge in [-0.15, -0.1) is 11.8 Å². The molecule has 1 aromatic heterocycles. The normalized spacial score (nSPS) is 20.3. The SMILES string of the molecule is O=C(NCCCN1CCC(=C(c2ccccc2)c2ccccc2)CC1)[C@]1(c2cccnc2)NCCS1. The van der Waals surface area contributed by atoms with Crippen LogP contribution in [0.15, 0.2) is 90.8 Å². The molecular formula is C30H34N4OS. The van der Waals surface area contributed by atoms with Gasteiger partial charge in [0, 0.05) is 49.9 Å². The molecule has 3 heterocycles. The third-order valence-corrected chi connectivity index (χ3v) is 8.46. The predicted molar refractivity (Wildman–Crippen MR) is 149 cm³/mol. The number of carbonyl (C=O) groups is 1. The molecule has 186 valence electrons. The van der Waals surface area contributed by atoms with E-state index >= 15 is 0 Å². The maximum Gasteiger partial charge on any atom is 0.255 e. The molecule has 5 nitrogen and oxygen atoms in total. The molecule has 2 fully saturated rings. The molecule has 0 unspecified atom stereocenters. The van der Waals surface area contributed by atoms with Gasteiger partial charge in [-0.1, -0.05) is 72.3 Å². The van der Waals surface area contributed by atoms with E-state index in [1.807, 2.05) is 12.1 Å². The summed E-state index contributed by atoms with van der Waals surface area (Å²) in [6.07, 6.45) is 6.65. The number of aromatic nitrogens is 1. The van der Waals surface area contributed by atoms with Gasteiger partial charge in [0.05, 0.1) is 0 Å². The Hall–Kier alpha value is -2.93. The van der Waals surface area contributed by atoms with Gasteiger partial charge in [0.1, 0.15) is 0 Å². The number of carbonyl (C=O) groups excluding carboxylic acids is 1. The van der Waals surface area contributed by atoms with Crippen molar-refractivity contribution in [1.29, 1.82) is 0 Å². The first kappa shape index (κ1) is 24.8. The van der Waals surface area contributed by atoms with Gasteiger partial charge in [0.25, 0.3) is 5.91 Å². The largest absolute Gasteiger partial charge is 0.353 e. The summed E-state index contributed by atoms with van der Waals surface area (Å²) in [6.45, 7) is 4.62. The van der Waals surface area contributed by atoms with E-state index in [2.05, 4.69) is 81.2 Å². The van der Waals surface area contributed by atoms with Crippen LogP contribution in [0.25, 0.3) is 5.57 Å². The number of nitrogens with one attached hydrogen (secondary N) is 2. The molecule has 0 bridgehead atoms. The summed E-state index contributed by atoms with van der Waals surface area (Å²) in [5.41, 5.74) is 6.46. The summed E-state index contributed by atoms with van der Waals surface area (Å²) in [4.78, 5) is 19.2. The number of likely N-dealkylation sites (tertiary alicyclic amines) is 1. The van der Waals surface area contributed by atoms with Crippen LogP contribution in [0, 0.1) is 0 Å². The van der Waals surface area contributed by atoms with E-state index < -0.39 is 4.87 Å². The molecule has 36 heavy (non-hydrogen) atoms. The van der Waals surface area contributed by atoms with E-state index in [0.29, 0.717) is 6.54 Å². The molecule has 0 saturated carbocycles. The van der Waals surface area contributed by atoms with Gasteiger partial charge in [0.15, 0.2) is 4.87 Å². The standard InChI is InChI=1S/C30H34N4OS/c35-29(30(33-18-22-36-30)27-13-7-16-31-23-27)32-17-8-19-34-20-14-26(15-21-34)28(24-9-3-1-4-10-24)25-11-5-2-6-12-25/h1-7,9-13,16,23,33H,8,14-15,17-22H2,(H,32,35)/t30-/m1/s1. The zero-order valence-electron chi connectivity index (χ0n) is 20.7. The molecule has 5 rings (SSSR count). The van der Waals surface area contributed by atoms with Gasteiger partial charge in [-0.3, -0.25) is 15.1 Å². The molecule has 2 aliphatic heterocycles. The molecule has 1 amide bonds. The number of benzene rings is 2. The second-order valence-corrected chi connectivity index (χ2v) is 10.7. The third-order valence-electron chi connectivity index (χ3n) is 7.06. The lowest BCUT2D eigenvalue weighted by molar-refractivity contribution is -0.124. The van der Waals surface area contributed by atoms with E-state index in [1.54, 1.807) is 29.7 Å². The maximum absolute atomic E-state index is 13.2. The highest BCUT2D eigenvalue weighted by Gasteiger charge is 2.43. The Morgan fingerprint density at radius 2 is 1.67 bits per heavy atom. The number of rotatable bonds is 8. The Balaban J connectivity index is 1.16. The molecule has 2 saturated heterocycles. The van der Waals surface area contributed by atoms with Crippen molar-refractivity contribution in [2.45, 2.75) is 24.1 Å². The number of piperidine rings is 1. The van der Waals surface area contributed by atoms with Crippen molar-refractivity contribution in [1.82, 2.24) is 20.5 Å². The van der Waals surface area contributed by atoms with Crippen molar-refractivity contribution < 1.29 is 4.79 Å². The van der Waals surface area contributed by atoms with E-state index in [4.69, 9.17) is 0 Å². The molecule has 2 aliphatic rings. The van der Waals surface area contributed by atoms with E-state index in [0.717, 1.165) is 56.8 Å². The number of hydrogen-bond donors (Lipinski definition) is 2. The molecule has 0 aliphatic carbocycles. The number of nitrogens with zero attached hydrogens (tertiary/aromatic N) is 2. The lowest BCUT2D eigenvalue weighted by Crippen LogP contribution is -2.49. The van der Waals surface area contributed by atoms with Crippen molar-refractivity contribution in [3.8, 4) is 0 Å². The number of thioether (sulfide) groups is 1. The summed E-state index contributed by atoms with van der Waals surface area (Å²) < 4.78 is 0. The van der Waals surface area contributed by atoms with Crippen LogP contribution in [0.1, 0.15) is 36.0 Å². The quantitative estimate of drug-likeness (QED) is 0.442. The Labute approximate surface area is 218 Å².